The molecule has 2 nitrogen and oxygen atoms in total. The van der Waals surface area contributed by atoms with E-state index < -0.39 is 0 Å². The predicted octanol–water partition coefficient (Wildman–Crippen LogP) is 3.71. The highest BCUT2D eigenvalue weighted by molar-refractivity contribution is 14.1. The van der Waals surface area contributed by atoms with Crippen molar-refractivity contribution in [2.24, 2.45) is 0 Å². The van der Waals surface area contributed by atoms with Gasteiger partial charge in [0.15, 0.2) is 8.84 Å². The maximum atomic E-state index is 12.8. The van der Waals surface area contributed by atoms with Crippen molar-refractivity contribution in [2.45, 2.75) is 0 Å². The van der Waals surface area contributed by atoms with Crippen LogP contribution >= 0.6 is 50.1 Å². The minimum absolute atomic E-state index is 0.273. The van der Waals surface area contributed by atoms with Gasteiger partial charge in [0.2, 0.25) is 0 Å². The van der Waals surface area contributed by atoms with Gasteiger partial charge in [-0.05, 0) is 68.3 Å². The highest BCUT2D eigenvalue weighted by atomic mass is 127. The molecule has 2 aromatic rings. The zero-order valence-corrected chi connectivity index (χ0v) is 11.2. The zero-order valence-electron chi connectivity index (χ0n) is 6.67. The van der Waals surface area contributed by atoms with Gasteiger partial charge >= 0.3 is 0 Å². The fourth-order valence-electron chi connectivity index (χ4n) is 0.985. The van der Waals surface area contributed by atoms with Crippen molar-refractivity contribution in [3.05, 3.63) is 31.5 Å². The van der Waals surface area contributed by atoms with E-state index >= 15 is 0 Å². The fraction of sp³-hybridized carbons (Fsp3) is 0. The summed E-state index contributed by atoms with van der Waals surface area (Å²) in [6.07, 6.45) is 0. The summed E-state index contributed by atoms with van der Waals surface area (Å²) in [6.45, 7) is 0. The Kier molecular flexibility index (Phi) is 3.13. The van der Waals surface area contributed by atoms with Crippen LogP contribution in [-0.2, 0) is 0 Å². The topological polar surface area (TPSA) is 25.8 Å². The molecule has 0 saturated heterocycles. The minimum atomic E-state index is -0.273. The lowest BCUT2D eigenvalue weighted by Crippen LogP contribution is -1.84. The fourth-order valence-corrected chi connectivity index (χ4v) is 2.47. The van der Waals surface area contributed by atoms with Gasteiger partial charge in [-0.2, -0.15) is 4.37 Å². The van der Waals surface area contributed by atoms with Gasteiger partial charge in [-0.1, -0.05) is 0 Å². The number of hydrogen-bond acceptors (Lipinski definition) is 3. The van der Waals surface area contributed by atoms with Crippen molar-refractivity contribution in [1.82, 2.24) is 9.36 Å². The molecule has 6 heteroatoms. The highest BCUT2D eigenvalue weighted by Gasteiger charge is 2.09. The van der Waals surface area contributed by atoms with Crippen molar-refractivity contribution < 1.29 is 4.39 Å². The maximum Gasteiger partial charge on any atom is 0.175 e. The molecule has 0 unspecified atom stereocenters. The van der Waals surface area contributed by atoms with Crippen LogP contribution in [0.3, 0.4) is 0 Å². The molecule has 0 bridgehead atoms. The van der Waals surface area contributed by atoms with Crippen molar-refractivity contribution >= 4 is 50.1 Å². The molecule has 0 amide bonds. The molecule has 0 aliphatic heterocycles. The Hall–Kier alpha value is -0.0800. The molecule has 0 fully saturated rings. The van der Waals surface area contributed by atoms with Crippen LogP contribution in [0.5, 0.6) is 0 Å². The van der Waals surface area contributed by atoms with Crippen LogP contribution in [0.2, 0.25) is 0 Å². The van der Waals surface area contributed by atoms with Crippen molar-refractivity contribution in [3.8, 4) is 11.4 Å². The molecule has 1 heterocycles. The zero-order chi connectivity index (χ0) is 10.1. The highest BCUT2D eigenvalue weighted by Crippen LogP contribution is 2.27. The summed E-state index contributed by atoms with van der Waals surface area (Å²) < 4.78 is 18.5. The molecule has 0 aliphatic rings. The van der Waals surface area contributed by atoms with Gasteiger partial charge < -0.3 is 0 Å². The summed E-state index contributed by atoms with van der Waals surface area (Å²) in [5, 5.41) is 0. The Bertz CT molecular complexity index is 474. The molecule has 0 N–H and O–H groups in total. The van der Waals surface area contributed by atoms with Crippen LogP contribution in [0.4, 0.5) is 4.39 Å². The van der Waals surface area contributed by atoms with E-state index in [2.05, 4.69) is 47.9 Å². The average Bonchev–Trinajstić information content (AvgIpc) is 2.51. The first-order chi connectivity index (χ1) is 6.66. The molecule has 0 aliphatic carbocycles. The average molecular weight is 385 g/mol. The summed E-state index contributed by atoms with van der Waals surface area (Å²) in [5.74, 6) is 0.358. The van der Waals surface area contributed by atoms with Crippen LogP contribution in [-0.4, -0.2) is 9.36 Å². The Balaban J connectivity index is 2.52. The second kappa shape index (κ2) is 4.19. The second-order valence-corrected chi connectivity index (χ2v) is 5.86. The third kappa shape index (κ3) is 2.12. The lowest BCUT2D eigenvalue weighted by atomic mass is 10.2. The molecule has 72 valence electrons. The van der Waals surface area contributed by atoms with E-state index in [4.69, 9.17) is 0 Å². The molecular weight excluding hydrogens is 382 g/mol. The van der Waals surface area contributed by atoms with Gasteiger partial charge in [-0.3, -0.25) is 0 Å². The Morgan fingerprint density at radius 1 is 1.43 bits per heavy atom. The van der Waals surface area contributed by atoms with Crippen molar-refractivity contribution in [3.63, 3.8) is 0 Å². The van der Waals surface area contributed by atoms with Gasteiger partial charge in [0, 0.05) is 10.0 Å². The predicted molar refractivity (Wildman–Crippen MR) is 65.7 cm³/mol. The van der Waals surface area contributed by atoms with E-state index in [1.165, 1.54) is 23.7 Å². The van der Waals surface area contributed by atoms with E-state index in [0.717, 1.165) is 8.58 Å². The van der Waals surface area contributed by atoms with E-state index in [-0.39, 0.29) is 5.82 Å². The summed E-state index contributed by atoms with van der Waals surface area (Å²) in [6, 6.07) is 4.47. The molecule has 1 aromatic heterocycles. The Morgan fingerprint density at radius 2 is 2.21 bits per heavy atom. The monoisotopic (exact) mass is 384 g/mol. The molecule has 0 saturated carbocycles. The first-order valence-electron chi connectivity index (χ1n) is 3.61. The lowest BCUT2D eigenvalue weighted by Gasteiger charge is -1.98. The van der Waals surface area contributed by atoms with Gasteiger partial charge in [0.05, 0.1) is 0 Å². The van der Waals surface area contributed by atoms with Crippen LogP contribution in [0, 0.1) is 8.83 Å². The van der Waals surface area contributed by atoms with Crippen LogP contribution in [0.25, 0.3) is 11.4 Å². The Labute approximate surface area is 106 Å². The number of benzene rings is 1. The standard InChI is InChI=1S/C8H3BrFIN2S/c9-6-3-4(10)1-2-5(6)7-12-8(11)14-13-7/h1-3H. The molecule has 14 heavy (non-hydrogen) atoms. The normalized spacial score (nSPS) is 10.5. The summed E-state index contributed by atoms with van der Waals surface area (Å²) >= 11 is 6.70. The number of nitrogens with zero attached hydrogens (tertiary/aromatic N) is 2. The smallest absolute Gasteiger partial charge is 0.175 e. The number of rotatable bonds is 1. The van der Waals surface area contributed by atoms with Crippen LogP contribution < -0.4 is 0 Å². The number of aromatic nitrogens is 2. The molecule has 2 rings (SSSR count). The third-order valence-electron chi connectivity index (χ3n) is 1.57. The quantitative estimate of drug-likeness (QED) is 0.700. The molecule has 0 atom stereocenters. The molecule has 0 spiro atoms. The van der Waals surface area contributed by atoms with Gasteiger partial charge in [0.1, 0.15) is 5.82 Å². The molecular formula is C8H3BrFIN2S. The molecule has 1 aromatic carbocycles. The second-order valence-electron chi connectivity index (χ2n) is 2.50. The van der Waals surface area contributed by atoms with Gasteiger partial charge in [-0.25, -0.2) is 9.37 Å². The van der Waals surface area contributed by atoms with E-state index in [1.54, 1.807) is 6.07 Å². The third-order valence-corrected chi connectivity index (χ3v) is 3.57. The SMILES string of the molecule is Fc1ccc(-c2nsc(I)n2)c(Br)c1. The lowest BCUT2D eigenvalue weighted by molar-refractivity contribution is 0.627. The van der Waals surface area contributed by atoms with Crippen LogP contribution in [0.15, 0.2) is 22.7 Å². The van der Waals surface area contributed by atoms with E-state index in [0.29, 0.717) is 10.3 Å². The van der Waals surface area contributed by atoms with Crippen molar-refractivity contribution in [2.75, 3.05) is 0 Å². The first kappa shape index (κ1) is 10.4. The van der Waals surface area contributed by atoms with E-state index in [1.807, 2.05) is 0 Å². The minimum Gasteiger partial charge on any atom is -0.209 e. The number of hydrogen-bond donors (Lipinski definition) is 0. The first-order valence-corrected chi connectivity index (χ1v) is 6.26. The summed E-state index contributed by atoms with van der Waals surface area (Å²) in [7, 11) is 0. The maximum absolute atomic E-state index is 12.8. The van der Waals surface area contributed by atoms with Gasteiger partial charge in [-0.15, -0.1) is 0 Å². The Morgan fingerprint density at radius 3 is 2.79 bits per heavy atom. The van der Waals surface area contributed by atoms with E-state index in [9.17, 15) is 4.39 Å². The summed E-state index contributed by atoms with van der Waals surface area (Å²) in [4.78, 5) is 4.21. The van der Waals surface area contributed by atoms with Gasteiger partial charge in [0.25, 0.3) is 0 Å². The van der Waals surface area contributed by atoms with Crippen LogP contribution in [0.1, 0.15) is 0 Å². The number of halogens is 3. The largest absolute Gasteiger partial charge is 0.209 e. The molecule has 0 radical (unpaired) electrons. The van der Waals surface area contributed by atoms with Crippen molar-refractivity contribution in [1.29, 1.82) is 0 Å². The summed E-state index contributed by atoms with van der Waals surface area (Å²) in [5.41, 5.74) is 0.811.